The number of aromatic nitrogens is 1. The summed E-state index contributed by atoms with van der Waals surface area (Å²) < 4.78 is 14.1. The van der Waals surface area contributed by atoms with Gasteiger partial charge in [0, 0.05) is 5.56 Å². The lowest BCUT2D eigenvalue weighted by molar-refractivity contribution is 0.628. The molecule has 1 heterocycles. The Morgan fingerprint density at radius 1 is 0.840 bits per heavy atom. The normalized spacial score (nSPS) is 11.4. The number of hydrogen-bond acceptors (Lipinski definition) is 2. The van der Waals surface area contributed by atoms with Gasteiger partial charge in [0.2, 0.25) is 0 Å². The molecule has 0 radical (unpaired) electrons. The van der Waals surface area contributed by atoms with Crippen LogP contribution in [0.3, 0.4) is 0 Å². The van der Waals surface area contributed by atoms with Crippen LogP contribution in [0.15, 0.2) is 66.7 Å². The van der Waals surface area contributed by atoms with Gasteiger partial charge in [-0.05, 0) is 47.9 Å². The van der Waals surface area contributed by atoms with Gasteiger partial charge in [0.15, 0.2) is 0 Å². The van der Waals surface area contributed by atoms with Crippen molar-refractivity contribution in [3.05, 3.63) is 89.2 Å². The van der Waals surface area contributed by atoms with Crippen LogP contribution in [-0.4, -0.2) is 4.98 Å². The van der Waals surface area contributed by atoms with Crippen molar-refractivity contribution in [2.45, 2.75) is 6.92 Å². The summed E-state index contributed by atoms with van der Waals surface area (Å²) in [5.74, 6) is -0.215. The topological polar surface area (TPSA) is 12.9 Å². The SMILES string of the molecule is Cc1ccc2nc(-c3ccc(/C=C/c4ccc(F)cc4)cc3)sc2c1. The molecule has 4 rings (SSSR count). The molecule has 0 aliphatic heterocycles. The minimum Gasteiger partial charge on any atom is -0.236 e. The largest absolute Gasteiger partial charge is 0.236 e. The van der Waals surface area contributed by atoms with E-state index in [-0.39, 0.29) is 5.82 Å². The average molecular weight is 345 g/mol. The first kappa shape index (κ1) is 15.7. The van der Waals surface area contributed by atoms with Crippen LogP contribution in [0.2, 0.25) is 0 Å². The highest BCUT2D eigenvalue weighted by molar-refractivity contribution is 7.21. The van der Waals surface area contributed by atoms with E-state index in [2.05, 4.69) is 49.4 Å². The Hall–Kier alpha value is -2.78. The molecule has 0 fully saturated rings. The molecule has 3 aromatic carbocycles. The molecule has 3 heteroatoms. The standard InChI is InChI=1S/C22H16FNS/c1-15-2-13-20-21(14-15)25-22(24-20)18-9-5-16(6-10-18)3-4-17-7-11-19(23)12-8-17/h2-14H,1H3/b4-3+. The Morgan fingerprint density at radius 3 is 2.16 bits per heavy atom. The van der Waals surface area contributed by atoms with Gasteiger partial charge < -0.3 is 0 Å². The number of hydrogen-bond donors (Lipinski definition) is 0. The second-order valence-electron chi connectivity index (χ2n) is 6.00. The number of thiazole rings is 1. The van der Waals surface area contributed by atoms with Gasteiger partial charge in [-0.1, -0.05) is 54.6 Å². The van der Waals surface area contributed by atoms with Crippen molar-refractivity contribution in [2.75, 3.05) is 0 Å². The third-order valence-electron chi connectivity index (χ3n) is 4.04. The second kappa shape index (κ2) is 6.61. The van der Waals surface area contributed by atoms with Gasteiger partial charge in [-0.15, -0.1) is 11.3 Å². The first-order chi connectivity index (χ1) is 12.2. The zero-order chi connectivity index (χ0) is 17.2. The Bertz CT molecular complexity index is 1040. The lowest BCUT2D eigenvalue weighted by Crippen LogP contribution is -1.78. The van der Waals surface area contributed by atoms with Crippen LogP contribution in [0.4, 0.5) is 4.39 Å². The maximum Gasteiger partial charge on any atom is 0.124 e. The van der Waals surface area contributed by atoms with Crippen LogP contribution in [0.25, 0.3) is 32.9 Å². The minimum absolute atomic E-state index is 0.215. The molecule has 0 spiro atoms. The molecule has 0 bridgehead atoms. The summed E-state index contributed by atoms with van der Waals surface area (Å²) >= 11 is 1.72. The van der Waals surface area contributed by atoms with E-state index < -0.39 is 0 Å². The maximum atomic E-state index is 12.9. The molecule has 0 aliphatic rings. The molecule has 0 aliphatic carbocycles. The van der Waals surface area contributed by atoms with Crippen molar-refractivity contribution in [1.82, 2.24) is 4.98 Å². The van der Waals surface area contributed by atoms with E-state index in [1.165, 1.54) is 22.4 Å². The molecule has 0 saturated heterocycles. The van der Waals surface area contributed by atoms with Gasteiger partial charge in [-0.3, -0.25) is 0 Å². The summed E-state index contributed by atoms with van der Waals surface area (Å²) in [6.07, 6.45) is 4.01. The third-order valence-corrected chi connectivity index (χ3v) is 5.11. The average Bonchev–Trinajstić information content (AvgIpc) is 3.05. The number of rotatable bonds is 3. The summed E-state index contributed by atoms with van der Waals surface area (Å²) in [7, 11) is 0. The van der Waals surface area contributed by atoms with E-state index in [1.807, 2.05) is 12.2 Å². The monoisotopic (exact) mass is 345 g/mol. The van der Waals surface area contributed by atoms with Crippen molar-refractivity contribution < 1.29 is 4.39 Å². The Labute approximate surface area is 150 Å². The van der Waals surface area contributed by atoms with Crippen LogP contribution >= 0.6 is 11.3 Å². The molecule has 0 atom stereocenters. The van der Waals surface area contributed by atoms with Crippen molar-refractivity contribution in [1.29, 1.82) is 0 Å². The maximum absolute atomic E-state index is 12.9. The van der Waals surface area contributed by atoms with Crippen molar-refractivity contribution in [2.24, 2.45) is 0 Å². The quantitative estimate of drug-likeness (QED) is 0.382. The summed E-state index contributed by atoms with van der Waals surface area (Å²) in [6, 6.07) is 21.2. The summed E-state index contributed by atoms with van der Waals surface area (Å²) in [5.41, 5.74) is 5.50. The fraction of sp³-hybridized carbons (Fsp3) is 0.0455. The molecular weight excluding hydrogens is 329 g/mol. The summed E-state index contributed by atoms with van der Waals surface area (Å²) in [6.45, 7) is 2.10. The zero-order valence-electron chi connectivity index (χ0n) is 13.7. The number of nitrogens with zero attached hydrogens (tertiary/aromatic N) is 1. The molecule has 25 heavy (non-hydrogen) atoms. The first-order valence-corrected chi connectivity index (χ1v) is 8.90. The van der Waals surface area contributed by atoms with Crippen LogP contribution in [0, 0.1) is 12.7 Å². The second-order valence-corrected chi connectivity index (χ2v) is 7.03. The molecule has 0 N–H and O–H groups in total. The van der Waals surface area contributed by atoms with Crippen molar-refractivity contribution in [3.8, 4) is 10.6 Å². The highest BCUT2D eigenvalue weighted by Crippen LogP contribution is 2.30. The predicted octanol–water partition coefficient (Wildman–Crippen LogP) is 6.58. The van der Waals surface area contributed by atoms with Gasteiger partial charge in [0.05, 0.1) is 10.2 Å². The van der Waals surface area contributed by atoms with Gasteiger partial charge >= 0.3 is 0 Å². The number of halogens is 1. The van der Waals surface area contributed by atoms with E-state index in [0.29, 0.717) is 0 Å². The van der Waals surface area contributed by atoms with Crippen molar-refractivity contribution in [3.63, 3.8) is 0 Å². The van der Waals surface area contributed by atoms with Gasteiger partial charge in [0.1, 0.15) is 10.8 Å². The third kappa shape index (κ3) is 3.52. The molecule has 4 aromatic rings. The fourth-order valence-electron chi connectivity index (χ4n) is 2.66. The number of benzene rings is 3. The van der Waals surface area contributed by atoms with E-state index >= 15 is 0 Å². The first-order valence-electron chi connectivity index (χ1n) is 8.09. The van der Waals surface area contributed by atoms with Gasteiger partial charge in [-0.25, -0.2) is 9.37 Å². The highest BCUT2D eigenvalue weighted by atomic mass is 32.1. The predicted molar refractivity (Wildman–Crippen MR) is 105 cm³/mol. The Balaban J connectivity index is 1.57. The number of fused-ring (bicyclic) bond motifs is 1. The van der Waals surface area contributed by atoms with Crippen LogP contribution in [0.1, 0.15) is 16.7 Å². The highest BCUT2D eigenvalue weighted by Gasteiger charge is 2.06. The lowest BCUT2D eigenvalue weighted by Gasteiger charge is -1.98. The minimum atomic E-state index is -0.215. The molecular formula is C22H16FNS. The van der Waals surface area contributed by atoms with E-state index in [4.69, 9.17) is 4.98 Å². The van der Waals surface area contributed by atoms with E-state index in [9.17, 15) is 4.39 Å². The Kier molecular flexibility index (Phi) is 4.16. The molecule has 0 amide bonds. The van der Waals surface area contributed by atoms with Crippen LogP contribution in [-0.2, 0) is 0 Å². The molecule has 0 saturated carbocycles. The summed E-state index contributed by atoms with van der Waals surface area (Å²) in [4.78, 5) is 4.72. The number of aryl methyl sites for hydroxylation is 1. The van der Waals surface area contributed by atoms with Crippen LogP contribution in [0.5, 0.6) is 0 Å². The van der Waals surface area contributed by atoms with E-state index in [1.54, 1.807) is 23.5 Å². The van der Waals surface area contributed by atoms with Crippen LogP contribution < -0.4 is 0 Å². The lowest BCUT2D eigenvalue weighted by atomic mass is 10.1. The molecule has 1 aromatic heterocycles. The molecule has 1 nitrogen and oxygen atoms in total. The van der Waals surface area contributed by atoms with Gasteiger partial charge in [-0.2, -0.15) is 0 Å². The smallest absolute Gasteiger partial charge is 0.124 e. The Morgan fingerprint density at radius 2 is 1.48 bits per heavy atom. The molecule has 0 unspecified atom stereocenters. The fourth-order valence-corrected chi connectivity index (χ4v) is 3.73. The molecule has 122 valence electrons. The van der Waals surface area contributed by atoms with Crippen molar-refractivity contribution >= 4 is 33.7 Å². The van der Waals surface area contributed by atoms with E-state index in [0.717, 1.165) is 27.2 Å². The zero-order valence-corrected chi connectivity index (χ0v) is 14.6. The summed E-state index contributed by atoms with van der Waals surface area (Å²) in [5, 5.41) is 1.04. The van der Waals surface area contributed by atoms with Gasteiger partial charge in [0.25, 0.3) is 0 Å².